The van der Waals surface area contributed by atoms with E-state index in [0.29, 0.717) is 11.3 Å². The average Bonchev–Trinajstić information content (AvgIpc) is 2.18. The first-order valence-electron chi connectivity index (χ1n) is 3.96. The van der Waals surface area contributed by atoms with Crippen LogP contribution in [0.25, 0.3) is 0 Å². The minimum absolute atomic E-state index is 0.335. The van der Waals surface area contributed by atoms with Gasteiger partial charge in [0.2, 0.25) is 5.78 Å². The summed E-state index contributed by atoms with van der Waals surface area (Å²) in [6.45, 7) is 1.17. The number of carbonyl (C=O) groups is 2. The first-order chi connectivity index (χ1) is 6.65. The summed E-state index contributed by atoms with van der Waals surface area (Å²) in [7, 11) is 0. The molecule has 1 rings (SSSR count). The van der Waals surface area contributed by atoms with Gasteiger partial charge in [-0.2, -0.15) is 5.26 Å². The van der Waals surface area contributed by atoms with E-state index in [4.69, 9.17) is 5.26 Å². The zero-order valence-corrected chi connectivity index (χ0v) is 7.57. The second kappa shape index (κ2) is 4.19. The largest absolute Gasteiger partial charge is 0.318 e. The first kappa shape index (κ1) is 9.93. The van der Waals surface area contributed by atoms with E-state index in [1.54, 1.807) is 24.3 Å². The van der Waals surface area contributed by atoms with Crippen molar-refractivity contribution in [1.29, 1.82) is 5.26 Å². The highest BCUT2D eigenvalue weighted by molar-refractivity contribution is 6.39. The molecule has 0 bridgehead atoms. The van der Waals surface area contributed by atoms with Crippen LogP contribution in [-0.4, -0.2) is 11.7 Å². The number of hydrogen-bond acceptors (Lipinski definition) is 3. The summed E-state index contributed by atoms with van der Waals surface area (Å²) in [5.74, 6) is -1.30. The molecule has 0 heterocycles. The zero-order valence-electron chi connectivity index (χ0n) is 7.57. The lowest BCUT2D eigenvalue weighted by Gasteiger charge is -2.03. The van der Waals surface area contributed by atoms with E-state index >= 15 is 0 Å². The lowest BCUT2D eigenvalue weighted by atomic mass is 10.2. The number of nitrogens with one attached hydrogen (secondary N) is 1. The highest BCUT2D eigenvalue weighted by atomic mass is 16.2. The molecule has 0 unspecified atom stereocenters. The van der Waals surface area contributed by atoms with E-state index in [2.05, 4.69) is 5.32 Å². The van der Waals surface area contributed by atoms with Crippen LogP contribution in [-0.2, 0) is 9.59 Å². The van der Waals surface area contributed by atoms with Gasteiger partial charge in [0, 0.05) is 6.92 Å². The third kappa shape index (κ3) is 2.17. The molecule has 0 aliphatic carbocycles. The number of benzene rings is 1. The molecule has 1 N–H and O–H groups in total. The molecule has 70 valence electrons. The molecule has 0 aliphatic rings. The van der Waals surface area contributed by atoms with Crippen molar-refractivity contribution in [3.63, 3.8) is 0 Å². The van der Waals surface area contributed by atoms with Crippen molar-refractivity contribution in [3.8, 4) is 6.07 Å². The van der Waals surface area contributed by atoms with Crippen molar-refractivity contribution in [2.75, 3.05) is 5.32 Å². The van der Waals surface area contributed by atoms with Crippen molar-refractivity contribution in [3.05, 3.63) is 29.8 Å². The smallest absolute Gasteiger partial charge is 0.291 e. The van der Waals surface area contributed by atoms with Crippen LogP contribution in [0.4, 0.5) is 5.69 Å². The standard InChI is InChI=1S/C10H8N2O2/c1-7(13)10(14)12-9-5-3-2-4-8(9)6-11/h2-5H,1H3,(H,12,14). The number of ketones is 1. The number of Topliss-reactive ketones (excluding diaryl/α,β-unsaturated/α-hetero) is 1. The number of amides is 1. The molecular formula is C10H8N2O2. The number of nitriles is 1. The summed E-state index contributed by atoms with van der Waals surface area (Å²) in [6, 6.07) is 8.41. The van der Waals surface area contributed by atoms with Gasteiger partial charge in [0.05, 0.1) is 11.3 Å². The Labute approximate surface area is 81.2 Å². The summed E-state index contributed by atoms with van der Waals surface area (Å²) in [5.41, 5.74) is 0.692. The molecule has 1 aromatic carbocycles. The van der Waals surface area contributed by atoms with Gasteiger partial charge in [-0.25, -0.2) is 0 Å². The van der Waals surface area contributed by atoms with Crippen molar-refractivity contribution in [2.24, 2.45) is 0 Å². The second-order valence-electron chi connectivity index (χ2n) is 2.67. The van der Waals surface area contributed by atoms with Crippen LogP contribution in [0, 0.1) is 11.3 Å². The fraction of sp³-hybridized carbons (Fsp3) is 0.100. The van der Waals surface area contributed by atoms with Gasteiger partial charge in [-0.15, -0.1) is 0 Å². The lowest BCUT2D eigenvalue weighted by molar-refractivity contribution is -0.133. The predicted molar refractivity (Wildman–Crippen MR) is 50.5 cm³/mol. The highest BCUT2D eigenvalue weighted by Crippen LogP contribution is 2.12. The van der Waals surface area contributed by atoms with Gasteiger partial charge in [-0.3, -0.25) is 9.59 Å². The summed E-state index contributed by atoms with van der Waals surface area (Å²) in [4.78, 5) is 21.7. The van der Waals surface area contributed by atoms with E-state index < -0.39 is 11.7 Å². The van der Waals surface area contributed by atoms with Crippen LogP contribution in [0.3, 0.4) is 0 Å². The van der Waals surface area contributed by atoms with Gasteiger partial charge >= 0.3 is 0 Å². The van der Waals surface area contributed by atoms with Crippen LogP contribution in [0.5, 0.6) is 0 Å². The topological polar surface area (TPSA) is 70.0 Å². The molecule has 0 radical (unpaired) electrons. The third-order valence-corrected chi connectivity index (χ3v) is 1.62. The Hall–Kier alpha value is -2.15. The summed E-state index contributed by atoms with van der Waals surface area (Å²) >= 11 is 0. The van der Waals surface area contributed by atoms with Gasteiger partial charge in [0.15, 0.2) is 0 Å². The molecular weight excluding hydrogens is 180 g/mol. The number of nitrogens with zero attached hydrogens (tertiary/aromatic N) is 1. The number of para-hydroxylation sites is 1. The number of anilines is 1. The Morgan fingerprint density at radius 3 is 2.57 bits per heavy atom. The zero-order chi connectivity index (χ0) is 10.6. The number of hydrogen-bond donors (Lipinski definition) is 1. The van der Waals surface area contributed by atoms with Crippen LogP contribution in [0.1, 0.15) is 12.5 Å². The van der Waals surface area contributed by atoms with Crippen LogP contribution in [0.15, 0.2) is 24.3 Å². The molecule has 0 spiro atoms. The van der Waals surface area contributed by atoms with Crippen molar-refractivity contribution in [1.82, 2.24) is 0 Å². The molecule has 0 aromatic heterocycles. The van der Waals surface area contributed by atoms with E-state index in [1.165, 1.54) is 6.92 Å². The first-order valence-corrected chi connectivity index (χ1v) is 3.96. The Bertz CT molecular complexity index is 418. The van der Waals surface area contributed by atoms with Crippen molar-refractivity contribution < 1.29 is 9.59 Å². The average molecular weight is 188 g/mol. The van der Waals surface area contributed by atoms with Crippen molar-refractivity contribution in [2.45, 2.75) is 6.92 Å². The molecule has 4 nitrogen and oxygen atoms in total. The molecule has 0 aliphatic heterocycles. The second-order valence-corrected chi connectivity index (χ2v) is 2.67. The quantitative estimate of drug-likeness (QED) is 0.706. The number of rotatable bonds is 2. The highest BCUT2D eigenvalue weighted by Gasteiger charge is 2.09. The van der Waals surface area contributed by atoms with Gasteiger partial charge in [-0.05, 0) is 12.1 Å². The van der Waals surface area contributed by atoms with E-state index in [-0.39, 0.29) is 0 Å². The third-order valence-electron chi connectivity index (χ3n) is 1.62. The van der Waals surface area contributed by atoms with E-state index in [1.807, 2.05) is 6.07 Å². The van der Waals surface area contributed by atoms with E-state index in [9.17, 15) is 9.59 Å². The molecule has 14 heavy (non-hydrogen) atoms. The van der Waals surface area contributed by atoms with Crippen LogP contribution >= 0.6 is 0 Å². The summed E-state index contributed by atoms with van der Waals surface area (Å²) in [5, 5.41) is 11.0. The monoisotopic (exact) mass is 188 g/mol. The molecule has 0 saturated heterocycles. The van der Waals surface area contributed by atoms with Gasteiger partial charge in [0.1, 0.15) is 6.07 Å². The number of carbonyl (C=O) groups excluding carboxylic acids is 2. The van der Waals surface area contributed by atoms with Gasteiger partial charge < -0.3 is 5.32 Å². The molecule has 1 amide bonds. The Morgan fingerprint density at radius 1 is 1.36 bits per heavy atom. The lowest BCUT2D eigenvalue weighted by Crippen LogP contribution is -2.20. The minimum Gasteiger partial charge on any atom is -0.318 e. The Morgan fingerprint density at radius 2 is 2.00 bits per heavy atom. The predicted octanol–water partition coefficient (Wildman–Crippen LogP) is 1.09. The maximum atomic E-state index is 11.0. The van der Waals surface area contributed by atoms with Crippen LogP contribution in [0.2, 0.25) is 0 Å². The maximum absolute atomic E-state index is 11.0. The molecule has 1 aromatic rings. The van der Waals surface area contributed by atoms with Crippen molar-refractivity contribution >= 4 is 17.4 Å². The maximum Gasteiger partial charge on any atom is 0.291 e. The van der Waals surface area contributed by atoms with Gasteiger partial charge in [0.25, 0.3) is 5.91 Å². The van der Waals surface area contributed by atoms with Gasteiger partial charge in [-0.1, -0.05) is 12.1 Å². The SMILES string of the molecule is CC(=O)C(=O)Nc1ccccc1C#N. The normalized spacial score (nSPS) is 8.86. The molecule has 0 saturated carbocycles. The molecule has 4 heteroatoms. The fourth-order valence-corrected chi connectivity index (χ4v) is 0.900. The fourth-order valence-electron chi connectivity index (χ4n) is 0.900. The molecule has 0 atom stereocenters. The summed E-state index contributed by atoms with van der Waals surface area (Å²) in [6.07, 6.45) is 0. The Balaban J connectivity index is 2.93. The Kier molecular flexibility index (Phi) is 2.97. The summed E-state index contributed by atoms with van der Waals surface area (Å²) < 4.78 is 0. The van der Waals surface area contributed by atoms with E-state index in [0.717, 1.165) is 0 Å². The van der Waals surface area contributed by atoms with Crippen LogP contribution < -0.4 is 5.32 Å². The molecule has 0 fully saturated rings. The minimum atomic E-state index is -0.715.